The zero-order valence-corrected chi connectivity index (χ0v) is 37.1. The molecule has 0 spiro atoms. The van der Waals surface area contributed by atoms with Gasteiger partial charge in [-0.2, -0.15) is 0 Å². The second-order valence-electron chi connectivity index (χ2n) is 17.3. The first kappa shape index (κ1) is 39.4. The highest BCUT2D eigenvalue weighted by atomic mass is 15.0. The van der Waals surface area contributed by atoms with Crippen molar-refractivity contribution in [2.24, 2.45) is 9.98 Å². The molecule has 0 unspecified atom stereocenters. The normalized spacial score (nSPS) is 13.6. The van der Waals surface area contributed by atoms with Crippen LogP contribution >= 0.6 is 0 Å². The molecule has 11 aromatic rings. The summed E-state index contributed by atoms with van der Waals surface area (Å²) >= 11 is 0. The Labute approximate surface area is 393 Å². The Kier molecular flexibility index (Phi) is 9.56. The molecule has 7 nitrogen and oxygen atoms in total. The third-order valence-electron chi connectivity index (χ3n) is 13.4. The van der Waals surface area contributed by atoms with Crippen LogP contribution in [-0.4, -0.2) is 38.2 Å². The monoisotopic (exact) mass is 873 g/mol. The summed E-state index contributed by atoms with van der Waals surface area (Å²) in [6.07, 6.45) is 13.9. The van der Waals surface area contributed by atoms with Gasteiger partial charge in [0.25, 0.3) is 0 Å². The average Bonchev–Trinajstić information content (AvgIpc) is 3.93. The summed E-state index contributed by atoms with van der Waals surface area (Å²) in [6, 6.07) is 65.6. The van der Waals surface area contributed by atoms with E-state index in [-0.39, 0.29) is 0 Å². The van der Waals surface area contributed by atoms with Crippen LogP contribution in [-0.2, 0) is 0 Å². The van der Waals surface area contributed by atoms with Gasteiger partial charge in [-0.3, -0.25) is 15.0 Å². The van der Waals surface area contributed by atoms with E-state index in [4.69, 9.17) is 15.0 Å². The summed E-state index contributed by atoms with van der Waals surface area (Å²) in [5.74, 6) is 0. The van der Waals surface area contributed by atoms with E-state index >= 15 is 0 Å². The summed E-state index contributed by atoms with van der Waals surface area (Å²) in [7, 11) is 0. The van der Waals surface area contributed by atoms with Crippen molar-refractivity contribution in [1.29, 1.82) is 0 Å². The fraction of sp³-hybridized carbons (Fsp3) is 0.0492. The van der Waals surface area contributed by atoms with Gasteiger partial charge in [0.2, 0.25) is 0 Å². The van der Waals surface area contributed by atoms with Gasteiger partial charge >= 0.3 is 0 Å². The Morgan fingerprint density at radius 3 is 1.56 bits per heavy atom. The molecule has 322 valence electrons. The molecule has 4 aromatic heterocycles. The number of hydrogen-bond acceptors (Lipinski definition) is 5. The molecule has 68 heavy (non-hydrogen) atoms. The molecule has 13 rings (SSSR count). The number of nitrogens with zero attached hydrogens (tertiary/aromatic N) is 6. The van der Waals surface area contributed by atoms with E-state index in [0.29, 0.717) is 0 Å². The van der Waals surface area contributed by atoms with Crippen LogP contribution in [0.3, 0.4) is 0 Å². The summed E-state index contributed by atoms with van der Waals surface area (Å²) in [5.41, 5.74) is 20.7. The number of aromatic nitrogens is 4. The van der Waals surface area contributed by atoms with Gasteiger partial charge in [0.05, 0.1) is 51.0 Å². The predicted molar refractivity (Wildman–Crippen MR) is 283 cm³/mol. The van der Waals surface area contributed by atoms with Crippen molar-refractivity contribution in [3.05, 3.63) is 218 Å². The maximum Gasteiger partial charge on any atom is 0.0963 e. The lowest BCUT2D eigenvalue weighted by Crippen LogP contribution is -2.14. The third-order valence-corrected chi connectivity index (χ3v) is 13.4. The number of hydrogen-bond donors (Lipinski definition) is 1. The summed E-state index contributed by atoms with van der Waals surface area (Å²) in [5, 5.41) is 6.63. The molecule has 0 atom stereocenters. The van der Waals surface area contributed by atoms with E-state index in [1.807, 2.05) is 30.7 Å². The smallest absolute Gasteiger partial charge is 0.0963 e. The number of pyridine rings is 2. The lowest BCUT2D eigenvalue weighted by Gasteiger charge is -2.14. The van der Waals surface area contributed by atoms with Gasteiger partial charge in [-0.05, 0) is 131 Å². The van der Waals surface area contributed by atoms with Crippen LogP contribution in [0.1, 0.15) is 24.0 Å². The molecule has 7 heteroatoms. The number of fused-ring (bicyclic) bond motifs is 6. The molecule has 0 bridgehead atoms. The Balaban J connectivity index is 0.994. The van der Waals surface area contributed by atoms with Crippen LogP contribution in [0.2, 0.25) is 0 Å². The summed E-state index contributed by atoms with van der Waals surface area (Å²) < 4.78 is 4.78. The van der Waals surface area contributed by atoms with E-state index in [0.717, 1.165) is 125 Å². The van der Waals surface area contributed by atoms with Crippen molar-refractivity contribution < 1.29 is 0 Å². The van der Waals surface area contributed by atoms with E-state index in [9.17, 15) is 0 Å². The maximum atomic E-state index is 5.00. The fourth-order valence-corrected chi connectivity index (χ4v) is 10.3. The van der Waals surface area contributed by atoms with Crippen LogP contribution in [0.15, 0.2) is 217 Å². The van der Waals surface area contributed by atoms with E-state index < -0.39 is 0 Å². The third kappa shape index (κ3) is 6.66. The first-order valence-electron chi connectivity index (χ1n) is 23.2. The maximum absolute atomic E-state index is 5.00. The lowest BCUT2D eigenvalue weighted by atomic mass is 9.94. The Morgan fingerprint density at radius 2 is 0.956 bits per heavy atom. The molecule has 1 N–H and O–H groups in total. The molecular weight excluding hydrogens is 831 g/mol. The number of nitrogens with one attached hydrogen (secondary N) is 1. The van der Waals surface area contributed by atoms with Crippen LogP contribution < -0.4 is 5.32 Å². The number of benzene rings is 7. The van der Waals surface area contributed by atoms with Gasteiger partial charge in [0.1, 0.15) is 0 Å². The number of rotatable bonds is 8. The van der Waals surface area contributed by atoms with Gasteiger partial charge in [-0.25, -0.2) is 4.99 Å². The van der Waals surface area contributed by atoms with Crippen molar-refractivity contribution in [3.63, 3.8) is 0 Å². The SMILES string of the molecule is C1=NC(c2ccccc2-c2ccc3c(c2)c2cc(-c4ccccc4-c4ccccn4)ccc2n3-c2cccc(-n3c4ccc(-c5ccccc5C5=CCNC=N5)cc4c4ncccc43)c2)=CCC1. The largest absolute Gasteiger partial charge is 0.373 e. The first-order valence-corrected chi connectivity index (χ1v) is 23.2. The van der Waals surface area contributed by atoms with E-state index in [1.165, 1.54) is 16.3 Å². The van der Waals surface area contributed by atoms with Crippen LogP contribution in [0.4, 0.5) is 0 Å². The molecule has 7 aromatic carbocycles. The molecule has 2 aliphatic rings. The van der Waals surface area contributed by atoms with Crippen molar-refractivity contribution in [2.45, 2.75) is 12.8 Å². The van der Waals surface area contributed by atoms with E-state index in [2.05, 4.69) is 201 Å². The van der Waals surface area contributed by atoms with Crippen LogP contribution in [0, 0.1) is 0 Å². The summed E-state index contributed by atoms with van der Waals surface area (Å²) in [6.45, 7) is 0.754. The standard InChI is InChI=1S/C61H43N7/c1-4-18-48(54-21-7-9-31-63-54)45(15-1)40-24-27-57-51(35-40)52-36-41(46-16-2-5-19-49(46)55-22-8-10-32-64-55)25-28-58(52)67(57)43-13-11-14-44(38-43)68-59-29-26-42(37-53(59)61-60(68)23-12-33-65-61)47-17-3-6-20-50(47)56-30-34-62-39-66-56/h1-7,9,11-33,35-39H,8,10,34H2,(H,62,66). The molecule has 6 heterocycles. The number of aliphatic imine (C=N–C) groups is 2. The van der Waals surface area contributed by atoms with Gasteiger partial charge in [-0.15, -0.1) is 0 Å². The molecule has 0 radical (unpaired) electrons. The van der Waals surface area contributed by atoms with Crippen molar-refractivity contribution in [3.8, 4) is 56.0 Å². The van der Waals surface area contributed by atoms with Gasteiger partial charge in [-0.1, -0.05) is 109 Å². The zero-order chi connectivity index (χ0) is 45.0. The molecule has 0 saturated heterocycles. The molecule has 0 amide bonds. The second-order valence-corrected chi connectivity index (χ2v) is 17.3. The Hall–Kier alpha value is -8.94. The minimum Gasteiger partial charge on any atom is -0.373 e. The van der Waals surface area contributed by atoms with Crippen molar-refractivity contribution in [1.82, 2.24) is 24.4 Å². The Morgan fingerprint density at radius 1 is 0.397 bits per heavy atom. The number of allylic oxidation sites excluding steroid dienone is 1. The van der Waals surface area contributed by atoms with Crippen molar-refractivity contribution >= 4 is 67.7 Å². The molecule has 0 fully saturated rings. The van der Waals surface area contributed by atoms with Crippen LogP contribution in [0.5, 0.6) is 0 Å². The zero-order valence-electron chi connectivity index (χ0n) is 37.1. The van der Waals surface area contributed by atoms with Gasteiger partial charge < -0.3 is 14.5 Å². The highest BCUT2D eigenvalue weighted by Gasteiger charge is 2.21. The summed E-state index contributed by atoms with van der Waals surface area (Å²) in [4.78, 5) is 19.3. The highest BCUT2D eigenvalue weighted by molar-refractivity contribution is 6.13. The highest BCUT2D eigenvalue weighted by Crippen LogP contribution is 2.42. The minimum absolute atomic E-state index is 0.754. The topological polar surface area (TPSA) is 72.4 Å². The quantitative estimate of drug-likeness (QED) is 0.165. The fourth-order valence-electron chi connectivity index (χ4n) is 10.3. The van der Waals surface area contributed by atoms with Crippen molar-refractivity contribution in [2.75, 3.05) is 6.54 Å². The minimum atomic E-state index is 0.754. The predicted octanol–water partition coefficient (Wildman–Crippen LogP) is 14.5. The molecule has 0 saturated carbocycles. The van der Waals surface area contributed by atoms with Gasteiger partial charge in [0, 0.05) is 69.4 Å². The average molecular weight is 874 g/mol. The van der Waals surface area contributed by atoms with Gasteiger partial charge in [0.15, 0.2) is 0 Å². The molecule has 0 aliphatic carbocycles. The Bertz CT molecular complexity index is 3920. The molecule has 2 aliphatic heterocycles. The van der Waals surface area contributed by atoms with Crippen LogP contribution in [0.25, 0.3) is 111 Å². The lowest BCUT2D eigenvalue weighted by molar-refractivity contribution is 1.05. The van der Waals surface area contributed by atoms with E-state index in [1.54, 1.807) is 6.34 Å². The molecular formula is C61H43N7. The second kappa shape index (κ2) is 16.5. The first-order chi connectivity index (χ1) is 33.7.